The Morgan fingerprint density at radius 1 is 0.957 bits per heavy atom. The molecule has 0 heterocycles. The third-order valence-corrected chi connectivity index (χ3v) is 3.44. The van der Waals surface area contributed by atoms with Gasteiger partial charge in [0.05, 0.1) is 5.69 Å². The molecular formula is C17H18F2N2OS. The van der Waals surface area contributed by atoms with E-state index in [1.807, 2.05) is 39.0 Å². The molecule has 0 aromatic heterocycles. The van der Waals surface area contributed by atoms with Crippen molar-refractivity contribution < 1.29 is 13.5 Å². The zero-order valence-electron chi connectivity index (χ0n) is 13.1. The van der Waals surface area contributed by atoms with Gasteiger partial charge in [-0.25, -0.2) is 0 Å². The molecule has 3 nitrogen and oxygen atoms in total. The number of rotatable bonds is 4. The van der Waals surface area contributed by atoms with Crippen molar-refractivity contribution in [2.45, 2.75) is 27.4 Å². The second-order valence-electron chi connectivity index (χ2n) is 5.28. The molecule has 0 radical (unpaired) electrons. The van der Waals surface area contributed by atoms with Gasteiger partial charge in [0.25, 0.3) is 0 Å². The number of hydrogen-bond acceptors (Lipinski definition) is 2. The lowest BCUT2D eigenvalue weighted by molar-refractivity contribution is -0.0493. The Balaban J connectivity index is 2.16. The second-order valence-corrected chi connectivity index (χ2v) is 5.68. The summed E-state index contributed by atoms with van der Waals surface area (Å²) in [4.78, 5) is 0. The van der Waals surface area contributed by atoms with Gasteiger partial charge >= 0.3 is 6.61 Å². The largest absolute Gasteiger partial charge is 0.433 e. The summed E-state index contributed by atoms with van der Waals surface area (Å²) in [7, 11) is 0. The van der Waals surface area contributed by atoms with Crippen molar-refractivity contribution in [3.8, 4) is 5.75 Å². The summed E-state index contributed by atoms with van der Waals surface area (Å²) in [6.07, 6.45) is 0. The monoisotopic (exact) mass is 336 g/mol. The summed E-state index contributed by atoms with van der Waals surface area (Å²) in [5.41, 5.74) is 4.30. The molecule has 0 aliphatic carbocycles. The number of alkyl halides is 2. The number of nitrogens with one attached hydrogen (secondary N) is 2. The minimum Gasteiger partial charge on any atom is -0.433 e. The van der Waals surface area contributed by atoms with Crippen molar-refractivity contribution in [1.82, 2.24) is 0 Å². The van der Waals surface area contributed by atoms with Gasteiger partial charge in [0.1, 0.15) is 5.75 Å². The molecule has 0 amide bonds. The van der Waals surface area contributed by atoms with Crippen LogP contribution in [0.5, 0.6) is 5.75 Å². The fourth-order valence-corrected chi connectivity index (χ4v) is 2.31. The van der Waals surface area contributed by atoms with Crippen LogP contribution in [0.3, 0.4) is 0 Å². The van der Waals surface area contributed by atoms with E-state index in [1.54, 1.807) is 12.1 Å². The van der Waals surface area contributed by atoms with Gasteiger partial charge in [0.2, 0.25) is 0 Å². The summed E-state index contributed by atoms with van der Waals surface area (Å²) in [6, 6.07) is 10.9. The van der Waals surface area contributed by atoms with Crippen LogP contribution in [0.4, 0.5) is 20.2 Å². The molecule has 2 aromatic carbocycles. The molecule has 0 spiro atoms. The highest BCUT2D eigenvalue weighted by atomic mass is 32.1. The lowest BCUT2D eigenvalue weighted by atomic mass is 10.1. The highest BCUT2D eigenvalue weighted by Gasteiger charge is 2.11. The van der Waals surface area contributed by atoms with Gasteiger partial charge in [-0.15, -0.1) is 0 Å². The van der Waals surface area contributed by atoms with Crippen molar-refractivity contribution in [3.05, 3.63) is 53.1 Å². The minimum atomic E-state index is -2.89. The number of anilines is 2. The Labute approximate surface area is 139 Å². The fraction of sp³-hybridized carbons (Fsp3) is 0.235. The van der Waals surface area contributed by atoms with Gasteiger partial charge in [-0.3, -0.25) is 0 Å². The normalized spacial score (nSPS) is 10.5. The topological polar surface area (TPSA) is 33.3 Å². The van der Waals surface area contributed by atoms with Crippen LogP contribution in [0, 0.1) is 20.8 Å². The van der Waals surface area contributed by atoms with Gasteiger partial charge in [0, 0.05) is 5.69 Å². The summed E-state index contributed by atoms with van der Waals surface area (Å²) < 4.78 is 29.5. The van der Waals surface area contributed by atoms with Crippen LogP contribution in [0.15, 0.2) is 36.4 Å². The first-order valence-electron chi connectivity index (χ1n) is 7.06. The number of halogens is 2. The maximum atomic E-state index is 12.5. The van der Waals surface area contributed by atoms with Crippen molar-refractivity contribution in [2.24, 2.45) is 0 Å². The fourth-order valence-electron chi connectivity index (χ4n) is 2.09. The maximum Gasteiger partial charge on any atom is 0.387 e. The lowest BCUT2D eigenvalue weighted by Gasteiger charge is -2.16. The van der Waals surface area contributed by atoms with Crippen molar-refractivity contribution in [1.29, 1.82) is 0 Å². The van der Waals surface area contributed by atoms with Gasteiger partial charge in [-0.05, 0) is 67.9 Å². The first-order valence-corrected chi connectivity index (χ1v) is 7.46. The molecule has 0 atom stereocenters. The average molecular weight is 336 g/mol. The van der Waals surface area contributed by atoms with Crippen LogP contribution in [-0.2, 0) is 0 Å². The van der Waals surface area contributed by atoms with E-state index in [2.05, 4.69) is 15.4 Å². The number of thiocarbonyl (C=S) groups is 1. The predicted octanol–water partition coefficient (Wildman–Crippen LogP) is 5.02. The molecule has 0 bridgehead atoms. The van der Waals surface area contributed by atoms with Crippen LogP contribution in [-0.4, -0.2) is 11.7 Å². The van der Waals surface area contributed by atoms with E-state index in [1.165, 1.54) is 6.07 Å². The van der Waals surface area contributed by atoms with Crippen molar-refractivity contribution in [2.75, 3.05) is 10.6 Å². The Morgan fingerprint density at radius 2 is 1.52 bits per heavy atom. The Hall–Kier alpha value is -2.21. The molecule has 23 heavy (non-hydrogen) atoms. The number of ether oxygens (including phenoxy) is 1. The van der Waals surface area contributed by atoms with E-state index in [9.17, 15) is 8.78 Å². The number of benzene rings is 2. The second kappa shape index (κ2) is 7.37. The van der Waals surface area contributed by atoms with Crippen LogP contribution in [0.1, 0.15) is 16.7 Å². The quantitative estimate of drug-likeness (QED) is 0.768. The molecule has 122 valence electrons. The van der Waals surface area contributed by atoms with Crippen molar-refractivity contribution in [3.63, 3.8) is 0 Å². The smallest absolute Gasteiger partial charge is 0.387 e. The molecule has 0 aliphatic heterocycles. The molecule has 2 N–H and O–H groups in total. The summed E-state index contributed by atoms with van der Waals surface area (Å²) in [5, 5.41) is 6.30. The van der Waals surface area contributed by atoms with Crippen LogP contribution < -0.4 is 15.4 Å². The van der Waals surface area contributed by atoms with E-state index in [0.29, 0.717) is 10.8 Å². The molecule has 0 saturated heterocycles. The van der Waals surface area contributed by atoms with E-state index in [-0.39, 0.29) is 5.75 Å². The molecule has 2 rings (SSSR count). The molecular weight excluding hydrogens is 318 g/mol. The van der Waals surface area contributed by atoms with Crippen LogP contribution in [0.2, 0.25) is 0 Å². The standard InChI is InChI=1S/C17H18F2N2OS/c1-10-4-6-12(3)13(8-10)20-17(23)21-14-9-11(2)5-7-15(14)22-16(18)19/h4-9,16H,1-3H3,(H2,20,21,23). The van der Waals surface area contributed by atoms with Crippen LogP contribution >= 0.6 is 12.2 Å². The third-order valence-electron chi connectivity index (χ3n) is 3.24. The zero-order chi connectivity index (χ0) is 17.0. The number of hydrogen-bond donors (Lipinski definition) is 2. The van der Waals surface area contributed by atoms with Gasteiger partial charge in [0.15, 0.2) is 5.11 Å². The molecule has 2 aromatic rings. The van der Waals surface area contributed by atoms with Crippen LogP contribution in [0.25, 0.3) is 0 Å². The number of aryl methyl sites for hydroxylation is 3. The van der Waals surface area contributed by atoms with E-state index in [4.69, 9.17) is 12.2 Å². The summed E-state index contributed by atoms with van der Waals surface area (Å²) in [6.45, 7) is 2.91. The Kier molecular flexibility index (Phi) is 5.50. The van der Waals surface area contributed by atoms with Gasteiger partial charge in [-0.2, -0.15) is 8.78 Å². The predicted molar refractivity (Wildman–Crippen MR) is 93.6 cm³/mol. The molecule has 0 fully saturated rings. The Morgan fingerprint density at radius 3 is 2.17 bits per heavy atom. The molecule has 0 saturated carbocycles. The maximum absolute atomic E-state index is 12.5. The van der Waals surface area contributed by atoms with Gasteiger partial charge < -0.3 is 15.4 Å². The summed E-state index contributed by atoms with van der Waals surface area (Å²) >= 11 is 5.27. The zero-order valence-corrected chi connectivity index (χ0v) is 13.9. The summed E-state index contributed by atoms with van der Waals surface area (Å²) in [5.74, 6) is 0.0516. The SMILES string of the molecule is Cc1ccc(C)c(NC(=S)Nc2cc(C)ccc2OC(F)F)c1. The van der Waals surface area contributed by atoms with E-state index < -0.39 is 6.61 Å². The minimum absolute atomic E-state index is 0.0516. The first kappa shape index (κ1) is 17.1. The first-order chi connectivity index (χ1) is 10.8. The molecule has 6 heteroatoms. The van der Waals surface area contributed by atoms with Crippen molar-refractivity contribution >= 4 is 28.7 Å². The lowest BCUT2D eigenvalue weighted by Crippen LogP contribution is -2.20. The van der Waals surface area contributed by atoms with Gasteiger partial charge in [-0.1, -0.05) is 18.2 Å². The molecule has 0 aliphatic rings. The average Bonchev–Trinajstić information content (AvgIpc) is 2.45. The van der Waals surface area contributed by atoms with E-state index in [0.717, 1.165) is 22.4 Å². The third kappa shape index (κ3) is 4.89. The Bertz CT molecular complexity index is 720. The molecule has 0 unspecified atom stereocenters. The van der Waals surface area contributed by atoms with E-state index >= 15 is 0 Å². The highest BCUT2D eigenvalue weighted by molar-refractivity contribution is 7.80. The highest BCUT2D eigenvalue weighted by Crippen LogP contribution is 2.27.